The highest BCUT2D eigenvalue weighted by atomic mass is 15.3. The van der Waals surface area contributed by atoms with Gasteiger partial charge in [0.2, 0.25) is 0 Å². The van der Waals surface area contributed by atoms with Gasteiger partial charge in [0, 0.05) is 17.3 Å². The van der Waals surface area contributed by atoms with Gasteiger partial charge in [0.25, 0.3) is 0 Å². The van der Waals surface area contributed by atoms with Crippen LogP contribution in [0.2, 0.25) is 0 Å². The third kappa shape index (κ3) is 2.94. The number of pyridine rings is 1. The Morgan fingerprint density at radius 1 is 0.800 bits per heavy atom. The summed E-state index contributed by atoms with van der Waals surface area (Å²) in [7, 11) is 0. The molecule has 5 aromatic rings. The van der Waals surface area contributed by atoms with Gasteiger partial charge in [-0.15, -0.1) is 0 Å². The molecule has 0 spiro atoms. The van der Waals surface area contributed by atoms with E-state index in [2.05, 4.69) is 42.2 Å². The van der Waals surface area contributed by atoms with Crippen LogP contribution in [0, 0.1) is 18.3 Å². The predicted octanol–water partition coefficient (Wildman–Crippen LogP) is 5.93. The van der Waals surface area contributed by atoms with Crippen LogP contribution >= 0.6 is 0 Å². The van der Waals surface area contributed by atoms with E-state index in [1.165, 1.54) is 5.56 Å². The van der Waals surface area contributed by atoms with Gasteiger partial charge in [-0.05, 0) is 24.6 Å². The minimum atomic E-state index is 0.538. The Balaban J connectivity index is 1.92. The third-order valence-corrected chi connectivity index (χ3v) is 5.20. The molecule has 0 bridgehead atoms. The number of aryl methyl sites for hydroxylation is 1. The molecule has 142 valence electrons. The van der Waals surface area contributed by atoms with Gasteiger partial charge >= 0.3 is 0 Å². The molecule has 4 heteroatoms. The Labute approximate surface area is 174 Å². The summed E-state index contributed by atoms with van der Waals surface area (Å²) >= 11 is 0. The molecule has 2 aromatic heterocycles. The highest BCUT2D eigenvalue weighted by molar-refractivity contribution is 6.04. The van der Waals surface area contributed by atoms with Crippen molar-refractivity contribution in [1.82, 2.24) is 14.8 Å². The van der Waals surface area contributed by atoms with E-state index in [-0.39, 0.29) is 0 Å². The maximum absolute atomic E-state index is 9.86. The first kappa shape index (κ1) is 17.8. The average Bonchev–Trinajstić information content (AvgIpc) is 3.20. The molecule has 30 heavy (non-hydrogen) atoms. The van der Waals surface area contributed by atoms with Crippen LogP contribution in [0.3, 0.4) is 0 Å². The number of nitrogens with zero attached hydrogens (tertiary/aromatic N) is 4. The number of aromatic nitrogens is 3. The van der Waals surface area contributed by atoms with Gasteiger partial charge in [0.1, 0.15) is 11.8 Å². The molecular formula is C26H18N4. The molecule has 0 radical (unpaired) electrons. The number of nitriles is 1. The highest BCUT2D eigenvalue weighted by Gasteiger charge is 2.21. The second kappa shape index (κ2) is 7.31. The lowest BCUT2D eigenvalue weighted by molar-refractivity contribution is 0.901. The fourth-order valence-electron chi connectivity index (χ4n) is 3.74. The molecule has 0 atom stereocenters. The smallest absolute Gasteiger partial charge is 0.164 e. The van der Waals surface area contributed by atoms with E-state index in [1.54, 1.807) is 6.20 Å². The molecular weight excluding hydrogens is 368 g/mol. The molecule has 0 fully saturated rings. The molecule has 0 N–H and O–H groups in total. The monoisotopic (exact) mass is 386 g/mol. The largest absolute Gasteiger partial charge is 0.235 e. The Bertz CT molecular complexity index is 1380. The van der Waals surface area contributed by atoms with E-state index in [4.69, 9.17) is 5.10 Å². The number of benzene rings is 3. The minimum Gasteiger partial charge on any atom is -0.235 e. The van der Waals surface area contributed by atoms with Crippen molar-refractivity contribution in [1.29, 1.82) is 5.26 Å². The van der Waals surface area contributed by atoms with Crippen molar-refractivity contribution in [3.05, 3.63) is 102 Å². The van der Waals surface area contributed by atoms with Crippen LogP contribution in [0.5, 0.6) is 0 Å². The van der Waals surface area contributed by atoms with Gasteiger partial charge in [0.05, 0.1) is 16.6 Å². The zero-order valence-electron chi connectivity index (χ0n) is 16.4. The molecule has 0 saturated heterocycles. The zero-order chi connectivity index (χ0) is 20.5. The SMILES string of the molecule is Cc1ccc(-c2c(C#N)cnc3c2c(-c2ccccc2)nn3-c2ccccc2)cc1. The second-order valence-electron chi connectivity index (χ2n) is 7.19. The molecule has 0 aliphatic rings. The Morgan fingerprint density at radius 2 is 1.47 bits per heavy atom. The lowest BCUT2D eigenvalue weighted by Gasteiger charge is -2.09. The first-order valence-electron chi connectivity index (χ1n) is 9.76. The Morgan fingerprint density at radius 3 is 2.13 bits per heavy atom. The van der Waals surface area contributed by atoms with Crippen molar-refractivity contribution < 1.29 is 0 Å². The quantitative estimate of drug-likeness (QED) is 0.386. The molecule has 0 amide bonds. The topological polar surface area (TPSA) is 54.5 Å². The summed E-state index contributed by atoms with van der Waals surface area (Å²) in [6.07, 6.45) is 1.65. The van der Waals surface area contributed by atoms with Gasteiger partial charge < -0.3 is 0 Å². The summed E-state index contributed by atoms with van der Waals surface area (Å²) < 4.78 is 1.86. The fraction of sp³-hybridized carbons (Fsp3) is 0.0385. The molecule has 0 aliphatic carbocycles. The van der Waals surface area contributed by atoms with Crippen LogP contribution in [-0.2, 0) is 0 Å². The maximum atomic E-state index is 9.86. The van der Waals surface area contributed by atoms with Gasteiger partial charge in [-0.25, -0.2) is 9.67 Å². The first-order chi connectivity index (χ1) is 14.8. The Kier molecular flexibility index (Phi) is 4.34. The summed E-state index contributed by atoms with van der Waals surface area (Å²) in [5.74, 6) is 0. The van der Waals surface area contributed by atoms with Crippen LogP contribution in [0.15, 0.2) is 91.1 Å². The zero-order valence-corrected chi connectivity index (χ0v) is 16.4. The van der Waals surface area contributed by atoms with Crippen molar-refractivity contribution in [2.24, 2.45) is 0 Å². The molecule has 3 aromatic carbocycles. The summed E-state index contributed by atoms with van der Waals surface area (Å²) in [6, 6.07) is 30.6. The van der Waals surface area contributed by atoms with E-state index in [0.717, 1.165) is 39.1 Å². The van der Waals surface area contributed by atoms with Crippen LogP contribution < -0.4 is 0 Å². The second-order valence-corrected chi connectivity index (χ2v) is 7.19. The summed E-state index contributed by atoms with van der Waals surface area (Å²) in [4.78, 5) is 4.66. The Hall–Kier alpha value is -4.23. The number of para-hydroxylation sites is 1. The summed E-state index contributed by atoms with van der Waals surface area (Å²) in [6.45, 7) is 2.06. The molecule has 5 rings (SSSR count). The van der Waals surface area contributed by atoms with Crippen molar-refractivity contribution in [2.45, 2.75) is 6.92 Å². The number of rotatable bonds is 3. The van der Waals surface area contributed by atoms with Gasteiger partial charge in [-0.3, -0.25) is 0 Å². The van der Waals surface area contributed by atoms with Crippen molar-refractivity contribution in [3.8, 4) is 34.1 Å². The number of fused-ring (bicyclic) bond motifs is 1. The number of hydrogen-bond donors (Lipinski definition) is 0. The van der Waals surface area contributed by atoms with Crippen LogP contribution in [0.4, 0.5) is 0 Å². The first-order valence-corrected chi connectivity index (χ1v) is 9.76. The molecule has 0 unspecified atom stereocenters. The van der Waals surface area contributed by atoms with E-state index in [9.17, 15) is 5.26 Å². The molecule has 0 aliphatic heterocycles. The van der Waals surface area contributed by atoms with E-state index in [0.29, 0.717) is 5.56 Å². The van der Waals surface area contributed by atoms with Crippen LogP contribution in [0.25, 0.3) is 39.1 Å². The van der Waals surface area contributed by atoms with Gasteiger partial charge in [0.15, 0.2) is 5.65 Å². The standard InChI is InChI=1S/C26H18N4/c1-18-12-14-19(15-13-18)23-21(16-27)17-28-26-24(23)25(20-8-4-2-5-9-20)29-30(26)22-10-6-3-7-11-22/h2-15,17H,1H3. The maximum Gasteiger partial charge on any atom is 0.164 e. The van der Waals surface area contributed by atoms with Crippen molar-refractivity contribution in [3.63, 3.8) is 0 Å². The van der Waals surface area contributed by atoms with Crippen molar-refractivity contribution >= 4 is 11.0 Å². The third-order valence-electron chi connectivity index (χ3n) is 5.20. The van der Waals surface area contributed by atoms with E-state index in [1.807, 2.05) is 65.3 Å². The van der Waals surface area contributed by atoms with E-state index >= 15 is 0 Å². The molecule has 0 saturated carbocycles. The fourth-order valence-corrected chi connectivity index (χ4v) is 3.74. The summed E-state index contributed by atoms with van der Waals surface area (Å²) in [5, 5.41) is 15.7. The predicted molar refractivity (Wildman–Crippen MR) is 119 cm³/mol. The van der Waals surface area contributed by atoms with E-state index < -0.39 is 0 Å². The average molecular weight is 386 g/mol. The molecule has 2 heterocycles. The van der Waals surface area contributed by atoms with Gasteiger partial charge in [-0.2, -0.15) is 10.4 Å². The lowest BCUT2D eigenvalue weighted by atomic mass is 9.95. The van der Waals surface area contributed by atoms with Crippen LogP contribution in [0.1, 0.15) is 11.1 Å². The van der Waals surface area contributed by atoms with Crippen LogP contribution in [-0.4, -0.2) is 14.8 Å². The normalized spacial score (nSPS) is 10.8. The lowest BCUT2D eigenvalue weighted by Crippen LogP contribution is -1.98. The number of hydrogen-bond acceptors (Lipinski definition) is 3. The summed E-state index contributed by atoms with van der Waals surface area (Å²) in [5.41, 5.74) is 7.02. The van der Waals surface area contributed by atoms with Gasteiger partial charge in [-0.1, -0.05) is 78.4 Å². The highest BCUT2D eigenvalue weighted by Crippen LogP contribution is 2.38. The van der Waals surface area contributed by atoms with Crippen molar-refractivity contribution in [2.75, 3.05) is 0 Å². The minimum absolute atomic E-state index is 0.538. The molecule has 4 nitrogen and oxygen atoms in total.